The van der Waals surface area contributed by atoms with Gasteiger partial charge in [0, 0.05) is 18.9 Å². The van der Waals surface area contributed by atoms with Gasteiger partial charge in [-0.05, 0) is 6.42 Å². The summed E-state index contributed by atoms with van der Waals surface area (Å²) in [7, 11) is 0. The van der Waals surface area contributed by atoms with Crippen LogP contribution in [0.3, 0.4) is 0 Å². The fourth-order valence-electron chi connectivity index (χ4n) is 1.16. The molecule has 0 bridgehead atoms. The lowest BCUT2D eigenvalue weighted by molar-refractivity contribution is -0.139. The number of nitrogens with one attached hydrogen (secondary N) is 1. The number of amides is 2. The van der Waals surface area contributed by atoms with Gasteiger partial charge < -0.3 is 0 Å². The second-order valence-electron chi connectivity index (χ2n) is 3.07. The van der Waals surface area contributed by atoms with Crippen molar-refractivity contribution in [2.24, 2.45) is 5.92 Å². The van der Waals surface area contributed by atoms with Crippen LogP contribution in [-0.2, 0) is 9.59 Å². The SMILES string of the molecule is CCC(=O)NN1CCC(C)C1=O. The van der Waals surface area contributed by atoms with Crippen LogP contribution in [0.2, 0.25) is 0 Å². The quantitative estimate of drug-likeness (QED) is 0.647. The molecule has 1 unspecified atom stereocenters. The highest BCUT2D eigenvalue weighted by Gasteiger charge is 2.28. The minimum atomic E-state index is -0.0996. The summed E-state index contributed by atoms with van der Waals surface area (Å²) in [6.07, 6.45) is 1.25. The van der Waals surface area contributed by atoms with Crippen LogP contribution in [0.1, 0.15) is 26.7 Å². The molecule has 68 valence electrons. The first kappa shape index (κ1) is 9.03. The molecule has 0 aromatic heterocycles. The van der Waals surface area contributed by atoms with Crippen LogP contribution in [-0.4, -0.2) is 23.4 Å². The lowest BCUT2D eigenvalue weighted by Gasteiger charge is -2.16. The summed E-state index contributed by atoms with van der Waals surface area (Å²) in [4.78, 5) is 22.2. The second-order valence-corrected chi connectivity index (χ2v) is 3.07. The van der Waals surface area contributed by atoms with E-state index in [-0.39, 0.29) is 17.7 Å². The normalized spacial score (nSPS) is 23.0. The zero-order chi connectivity index (χ0) is 9.14. The summed E-state index contributed by atoms with van der Waals surface area (Å²) >= 11 is 0. The topological polar surface area (TPSA) is 49.4 Å². The van der Waals surface area contributed by atoms with Crippen LogP contribution < -0.4 is 5.43 Å². The third-order valence-electron chi connectivity index (χ3n) is 2.05. The van der Waals surface area contributed by atoms with Crippen molar-refractivity contribution in [1.82, 2.24) is 10.4 Å². The van der Waals surface area contributed by atoms with E-state index in [2.05, 4.69) is 5.43 Å². The predicted molar refractivity (Wildman–Crippen MR) is 43.9 cm³/mol. The van der Waals surface area contributed by atoms with Crippen molar-refractivity contribution >= 4 is 11.8 Å². The highest BCUT2D eigenvalue weighted by molar-refractivity contribution is 5.84. The van der Waals surface area contributed by atoms with Gasteiger partial charge in [0.05, 0.1) is 0 Å². The Balaban J connectivity index is 2.44. The summed E-state index contributed by atoms with van der Waals surface area (Å²) in [5.41, 5.74) is 2.55. The molecule has 0 aliphatic carbocycles. The Morgan fingerprint density at radius 2 is 2.42 bits per heavy atom. The first-order valence-corrected chi connectivity index (χ1v) is 4.26. The van der Waals surface area contributed by atoms with E-state index >= 15 is 0 Å². The van der Waals surface area contributed by atoms with Gasteiger partial charge in [-0.15, -0.1) is 0 Å². The average Bonchev–Trinajstić information content (AvgIpc) is 2.36. The fraction of sp³-hybridized carbons (Fsp3) is 0.750. The molecule has 1 atom stereocenters. The zero-order valence-corrected chi connectivity index (χ0v) is 7.46. The largest absolute Gasteiger partial charge is 0.273 e. The zero-order valence-electron chi connectivity index (χ0n) is 7.46. The van der Waals surface area contributed by atoms with Gasteiger partial charge in [-0.25, -0.2) is 0 Å². The molecular formula is C8H14N2O2. The van der Waals surface area contributed by atoms with E-state index in [0.29, 0.717) is 13.0 Å². The Morgan fingerprint density at radius 1 is 1.75 bits per heavy atom. The van der Waals surface area contributed by atoms with E-state index in [1.807, 2.05) is 6.92 Å². The molecule has 1 N–H and O–H groups in total. The van der Waals surface area contributed by atoms with Crippen LogP contribution in [0.5, 0.6) is 0 Å². The molecule has 2 amide bonds. The highest BCUT2D eigenvalue weighted by Crippen LogP contribution is 2.14. The van der Waals surface area contributed by atoms with Crippen molar-refractivity contribution < 1.29 is 9.59 Å². The monoisotopic (exact) mass is 170 g/mol. The number of rotatable bonds is 2. The maximum Gasteiger partial charge on any atom is 0.243 e. The molecule has 1 fully saturated rings. The van der Waals surface area contributed by atoms with Gasteiger partial charge in [-0.2, -0.15) is 0 Å². The molecule has 1 aliphatic rings. The van der Waals surface area contributed by atoms with Crippen LogP contribution in [0.4, 0.5) is 0 Å². The van der Waals surface area contributed by atoms with Crippen molar-refractivity contribution in [3.63, 3.8) is 0 Å². The molecule has 4 nitrogen and oxygen atoms in total. The Kier molecular flexibility index (Phi) is 2.68. The smallest absolute Gasteiger partial charge is 0.243 e. The summed E-state index contributed by atoms with van der Waals surface area (Å²) in [6.45, 7) is 4.28. The van der Waals surface area contributed by atoms with E-state index in [9.17, 15) is 9.59 Å². The summed E-state index contributed by atoms with van der Waals surface area (Å²) in [5, 5.41) is 1.41. The maximum absolute atomic E-state index is 11.3. The molecule has 0 saturated carbocycles. The van der Waals surface area contributed by atoms with Gasteiger partial charge in [0.2, 0.25) is 11.8 Å². The summed E-state index contributed by atoms with van der Waals surface area (Å²) in [5.74, 6) is -0.0172. The number of carbonyl (C=O) groups excluding carboxylic acids is 2. The third-order valence-corrected chi connectivity index (χ3v) is 2.05. The average molecular weight is 170 g/mol. The molecule has 1 heterocycles. The van der Waals surface area contributed by atoms with Crippen LogP contribution >= 0.6 is 0 Å². The molecule has 12 heavy (non-hydrogen) atoms. The van der Waals surface area contributed by atoms with Gasteiger partial charge in [-0.3, -0.25) is 20.0 Å². The van der Waals surface area contributed by atoms with Crippen molar-refractivity contribution in [2.45, 2.75) is 26.7 Å². The number of hydrogen-bond acceptors (Lipinski definition) is 2. The van der Waals surface area contributed by atoms with Gasteiger partial charge in [0.25, 0.3) is 0 Å². The van der Waals surface area contributed by atoms with Gasteiger partial charge in [0.15, 0.2) is 0 Å². The van der Waals surface area contributed by atoms with Crippen LogP contribution in [0.25, 0.3) is 0 Å². The van der Waals surface area contributed by atoms with E-state index in [1.54, 1.807) is 6.92 Å². The summed E-state index contributed by atoms with van der Waals surface area (Å²) < 4.78 is 0. The molecule has 4 heteroatoms. The van der Waals surface area contributed by atoms with Gasteiger partial charge >= 0.3 is 0 Å². The van der Waals surface area contributed by atoms with Crippen LogP contribution in [0, 0.1) is 5.92 Å². The van der Waals surface area contributed by atoms with E-state index in [0.717, 1.165) is 6.42 Å². The number of hydrogen-bond donors (Lipinski definition) is 1. The van der Waals surface area contributed by atoms with Crippen molar-refractivity contribution in [1.29, 1.82) is 0 Å². The molecule has 1 rings (SSSR count). The number of hydrazine groups is 1. The molecule has 0 aromatic rings. The first-order valence-electron chi connectivity index (χ1n) is 4.26. The Labute approximate surface area is 71.9 Å². The van der Waals surface area contributed by atoms with E-state index in [1.165, 1.54) is 5.01 Å². The van der Waals surface area contributed by atoms with Crippen LogP contribution in [0.15, 0.2) is 0 Å². The fourth-order valence-corrected chi connectivity index (χ4v) is 1.16. The minimum absolute atomic E-state index is 0.0248. The van der Waals surface area contributed by atoms with E-state index in [4.69, 9.17) is 0 Å². The van der Waals surface area contributed by atoms with Gasteiger partial charge in [0.1, 0.15) is 0 Å². The molecule has 1 aliphatic heterocycles. The highest BCUT2D eigenvalue weighted by atomic mass is 16.2. The number of nitrogens with zero attached hydrogens (tertiary/aromatic N) is 1. The third kappa shape index (κ3) is 1.75. The number of carbonyl (C=O) groups is 2. The summed E-state index contributed by atoms with van der Waals surface area (Å²) in [6, 6.07) is 0. The second kappa shape index (κ2) is 3.56. The molecule has 0 radical (unpaired) electrons. The minimum Gasteiger partial charge on any atom is -0.273 e. The first-order chi connectivity index (χ1) is 5.65. The Bertz CT molecular complexity index is 203. The Hall–Kier alpha value is -1.06. The molecule has 0 spiro atoms. The van der Waals surface area contributed by atoms with Gasteiger partial charge in [-0.1, -0.05) is 13.8 Å². The molecular weight excluding hydrogens is 156 g/mol. The van der Waals surface area contributed by atoms with Crippen molar-refractivity contribution in [3.05, 3.63) is 0 Å². The lowest BCUT2D eigenvalue weighted by Crippen LogP contribution is -2.43. The standard InChI is InChI=1S/C8H14N2O2/c1-3-7(11)9-10-5-4-6(2)8(10)12/h6H,3-5H2,1-2H3,(H,9,11). The van der Waals surface area contributed by atoms with E-state index < -0.39 is 0 Å². The van der Waals surface area contributed by atoms with Crippen molar-refractivity contribution in [3.8, 4) is 0 Å². The maximum atomic E-state index is 11.3. The lowest BCUT2D eigenvalue weighted by atomic mass is 10.1. The molecule has 0 aromatic carbocycles. The predicted octanol–water partition coefficient (Wildman–Crippen LogP) is 0.296. The van der Waals surface area contributed by atoms with Crippen molar-refractivity contribution in [2.75, 3.05) is 6.54 Å². The Morgan fingerprint density at radius 3 is 2.83 bits per heavy atom. The molecule has 1 saturated heterocycles.